The molecule has 10 heteroatoms. The minimum absolute atomic E-state index is 0.332. The summed E-state index contributed by atoms with van der Waals surface area (Å²) in [6.07, 6.45) is 1.69. The first-order valence-corrected chi connectivity index (χ1v) is 8.76. The molecule has 1 aromatic carbocycles. The summed E-state index contributed by atoms with van der Waals surface area (Å²) in [5.74, 6) is 0.332. The number of rotatable bonds is 5. The van der Waals surface area contributed by atoms with Crippen LogP contribution in [0.15, 0.2) is 41.6 Å². The Kier molecular flexibility index (Phi) is 5.47. The van der Waals surface area contributed by atoms with Crippen LogP contribution in [0.3, 0.4) is 0 Å². The van der Waals surface area contributed by atoms with Crippen LogP contribution in [0.4, 0.5) is 0 Å². The summed E-state index contributed by atoms with van der Waals surface area (Å²) in [7, 11) is 1.80. The van der Waals surface area contributed by atoms with Crippen molar-refractivity contribution < 1.29 is 5.03 Å². The number of halogens is 1. The van der Waals surface area contributed by atoms with Crippen LogP contribution >= 0.6 is 22.9 Å². The lowest BCUT2D eigenvalue weighted by molar-refractivity contribution is -0.486. The van der Waals surface area contributed by atoms with Crippen molar-refractivity contribution >= 4 is 28.9 Å². The van der Waals surface area contributed by atoms with Gasteiger partial charge in [-0.1, -0.05) is 41.9 Å². The first kappa shape index (κ1) is 17.6. The van der Waals surface area contributed by atoms with Gasteiger partial charge in [-0.25, -0.2) is 15.1 Å². The number of guanidine groups is 1. The third kappa shape index (κ3) is 4.65. The minimum Gasteiger partial charge on any atom is -0.328 e. The molecule has 1 fully saturated rings. The number of benzene rings is 1. The highest BCUT2D eigenvalue weighted by atomic mass is 35.5. The van der Waals surface area contributed by atoms with Crippen LogP contribution in [-0.2, 0) is 13.1 Å². The number of aromatic nitrogens is 1. The van der Waals surface area contributed by atoms with Gasteiger partial charge in [0, 0.05) is 24.7 Å². The van der Waals surface area contributed by atoms with Crippen LogP contribution in [0.25, 0.3) is 0 Å². The molecule has 8 nitrogen and oxygen atoms in total. The molecule has 0 radical (unpaired) electrons. The van der Waals surface area contributed by atoms with Gasteiger partial charge in [0.2, 0.25) is 0 Å². The highest BCUT2D eigenvalue weighted by Gasteiger charge is 2.29. The fourth-order valence-electron chi connectivity index (χ4n) is 2.77. The second-order valence-electron chi connectivity index (χ2n) is 5.71. The Morgan fingerprint density at radius 3 is 2.72 bits per heavy atom. The highest BCUT2D eigenvalue weighted by molar-refractivity contribution is 7.15. The minimum atomic E-state index is -0.661. The summed E-state index contributed by atoms with van der Waals surface area (Å²) >= 11 is 7.25. The smallest absolute Gasteiger partial charge is 0.276 e. The number of hydrogen-bond acceptors (Lipinski definition) is 5. The zero-order valence-electron chi connectivity index (χ0n) is 13.6. The fourth-order valence-corrected chi connectivity index (χ4v) is 3.77. The summed E-state index contributed by atoms with van der Waals surface area (Å²) < 4.78 is 0.453. The van der Waals surface area contributed by atoms with E-state index in [1.807, 2.05) is 23.1 Å². The van der Waals surface area contributed by atoms with E-state index < -0.39 is 5.03 Å². The van der Waals surface area contributed by atoms with E-state index in [1.54, 1.807) is 18.1 Å². The molecule has 1 aromatic heterocycles. The van der Waals surface area contributed by atoms with E-state index in [4.69, 9.17) is 11.6 Å². The Bertz CT molecular complexity index is 768. The van der Waals surface area contributed by atoms with Gasteiger partial charge in [-0.15, -0.1) is 11.3 Å². The maximum Gasteiger partial charge on any atom is 0.276 e. The molecule has 3 rings (SSSR count). The van der Waals surface area contributed by atoms with Crippen molar-refractivity contribution in [1.29, 1.82) is 0 Å². The van der Waals surface area contributed by atoms with Gasteiger partial charge in [0.25, 0.3) is 5.96 Å². The first-order valence-electron chi connectivity index (χ1n) is 7.57. The van der Waals surface area contributed by atoms with E-state index in [1.165, 1.54) is 16.9 Å². The quantitative estimate of drug-likeness (QED) is 0.585. The lowest BCUT2D eigenvalue weighted by Gasteiger charge is -2.41. The van der Waals surface area contributed by atoms with Crippen molar-refractivity contribution in [3.63, 3.8) is 0 Å². The maximum atomic E-state index is 10.9. The summed E-state index contributed by atoms with van der Waals surface area (Å²) in [6, 6.07) is 10.1. The number of thiazole rings is 1. The molecule has 0 unspecified atom stereocenters. The topological polar surface area (TPSA) is 78.1 Å². The molecule has 0 amide bonds. The van der Waals surface area contributed by atoms with Crippen LogP contribution in [0.1, 0.15) is 10.4 Å². The predicted molar refractivity (Wildman–Crippen MR) is 96.6 cm³/mol. The van der Waals surface area contributed by atoms with Gasteiger partial charge < -0.3 is 9.80 Å². The molecule has 25 heavy (non-hydrogen) atoms. The Balaban J connectivity index is 1.79. The molecule has 0 saturated carbocycles. The Hall–Kier alpha value is -2.23. The zero-order chi connectivity index (χ0) is 17.8. The molecular formula is C15H17ClN6O2S. The third-order valence-corrected chi connectivity index (χ3v) is 4.80. The summed E-state index contributed by atoms with van der Waals surface area (Å²) in [5, 5.41) is 13.8. The van der Waals surface area contributed by atoms with Gasteiger partial charge >= 0.3 is 0 Å². The maximum absolute atomic E-state index is 10.9. The Labute approximate surface area is 154 Å². The summed E-state index contributed by atoms with van der Waals surface area (Å²) in [5.41, 5.74) is 1.19. The second kappa shape index (κ2) is 7.77. The first-order chi connectivity index (χ1) is 12.0. The van der Waals surface area contributed by atoms with Crippen molar-refractivity contribution in [2.24, 2.45) is 5.10 Å². The molecule has 2 aromatic rings. The van der Waals surface area contributed by atoms with Crippen LogP contribution in [0, 0.1) is 10.1 Å². The van der Waals surface area contributed by atoms with Crippen LogP contribution in [0.5, 0.6) is 0 Å². The highest BCUT2D eigenvalue weighted by Crippen LogP contribution is 2.22. The van der Waals surface area contributed by atoms with Gasteiger partial charge in [-0.2, -0.15) is 0 Å². The SMILES string of the molecule is CN1CN(Cc2ccccc2)CN(Cc2cnc(Cl)s2)/C1=N/[N+](=O)[O-]. The monoisotopic (exact) mass is 380 g/mol. The van der Waals surface area contributed by atoms with Crippen LogP contribution < -0.4 is 0 Å². The predicted octanol–water partition coefficient (Wildman–Crippen LogP) is 2.51. The average molecular weight is 381 g/mol. The molecule has 0 N–H and O–H groups in total. The molecule has 1 aliphatic heterocycles. The van der Waals surface area contributed by atoms with Gasteiger partial charge in [-0.3, -0.25) is 4.90 Å². The Morgan fingerprint density at radius 1 is 1.32 bits per heavy atom. The molecule has 0 atom stereocenters. The fraction of sp³-hybridized carbons (Fsp3) is 0.333. The molecule has 1 saturated heterocycles. The Morgan fingerprint density at radius 2 is 2.08 bits per heavy atom. The van der Waals surface area contributed by atoms with Gasteiger partial charge in [0.05, 0.1) is 19.9 Å². The van der Waals surface area contributed by atoms with Crippen molar-refractivity contribution in [2.45, 2.75) is 13.1 Å². The van der Waals surface area contributed by atoms with E-state index in [9.17, 15) is 10.1 Å². The molecule has 0 spiro atoms. The normalized spacial score (nSPS) is 17.3. The van der Waals surface area contributed by atoms with Crippen molar-refractivity contribution in [3.8, 4) is 0 Å². The zero-order valence-corrected chi connectivity index (χ0v) is 15.2. The number of hydrazone groups is 1. The summed E-state index contributed by atoms with van der Waals surface area (Å²) in [6.45, 7) is 2.30. The van der Waals surface area contributed by atoms with E-state index in [2.05, 4.69) is 27.1 Å². The number of hydrogen-bond donors (Lipinski definition) is 0. The lowest BCUT2D eigenvalue weighted by atomic mass is 10.2. The van der Waals surface area contributed by atoms with Gasteiger partial charge in [0.1, 0.15) is 5.10 Å². The molecule has 132 valence electrons. The standard InChI is InChI=1S/C15H17ClN6O2S/c1-19-10-20(8-12-5-3-2-4-6-12)11-21(15(19)18-22(23)24)9-13-7-17-14(16)25-13/h2-7H,8-11H2,1H3/b18-15+. The van der Waals surface area contributed by atoms with Crippen LogP contribution in [0.2, 0.25) is 4.47 Å². The summed E-state index contributed by atoms with van der Waals surface area (Å²) in [4.78, 5) is 21.7. The van der Waals surface area contributed by atoms with Gasteiger partial charge in [0.15, 0.2) is 9.50 Å². The number of nitro groups is 1. The second-order valence-corrected chi connectivity index (χ2v) is 7.41. The van der Waals surface area contributed by atoms with Crippen molar-refractivity contribution in [1.82, 2.24) is 19.7 Å². The van der Waals surface area contributed by atoms with Crippen LogP contribution in [-0.4, -0.2) is 51.1 Å². The molecule has 0 aliphatic carbocycles. The average Bonchev–Trinajstić information content (AvgIpc) is 2.96. The van der Waals surface area contributed by atoms with E-state index >= 15 is 0 Å². The van der Waals surface area contributed by atoms with E-state index in [-0.39, 0.29) is 0 Å². The molecule has 0 bridgehead atoms. The van der Waals surface area contributed by atoms with Crippen molar-refractivity contribution in [3.05, 3.63) is 61.6 Å². The third-order valence-electron chi connectivity index (χ3n) is 3.70. The largest absolute Gasteiger partial charge is 0.328 e. The molecule has 1 aliphatic rings. The van der Waals surface area contributed by atoms with Crippen molar-refractivity contribution in [2.75, 3.05) is 20.4 Å². The lowest BCUT2D eigenvalue weighted by Crippen LogP contribution is -2.56. The van der Waals surface area contributed by atoms with E-state index in [0.29, 0.717) is 30.3 Å². The molecule has 2 heterocycles. The number of nitrogens with zero attached hydrogens (tertiary/aromatic N) is 6. The van der Waals surface area contributed by atoms with E-state index in [0.717, 1.165) is 11.4 Å². The molecular weight excluding hydrogens is 364 g/mol. The van der Waals surface area contributed by atoms with Gasteiger partial charge in [-0.05, 0) is 5.56 Å².